The molecule has 0 aliphatic heterocycles. The number of aromatic amines is 1. The van der Waals surface area contributed by atoms with Crippen LogP contribution in [0, 0.1) is 6.92 Å². The van der Waals surface area contributed by atoms with E-state index < -0.39 is 10.0 Å². The number of benzene rings is 1. The van der Waals surface area contributed by atoms with Crippen molar-refractivity contribution >= 4 is 20.9 Å². The highest BCUT2D eigenvalue weighted by Gasteiger charge is 2.05. The normalized spacial score (nSPS) is 11.9. The number of rotatable bonds is 4. The molecule has 0 fully saturated rings. The molecule has 0 bridgehead atoms. The molecule has 0 amide bonds. The Labute approximate surface area is 111 Å². The van der Waals surface area contributed by atoms with Gasteiger partial charge in [0.15, 0.2) is 0 Å². The summed E-state index contributed by atoms with van der Waals surface area (Å²) < 4.78 is 24.3. The van der Waals surface area contributed by atoms with Gasteiger partial charge in [0, 0.05) is 17.6 Å². The quantitative estimate of drug-likeness (QED) is 0.874. The standard InChI is InChI=1S/C13H16N2O3S/c1-9-3-4-10-8-11(5-6-14-19(2,17)18)13(16)15-12(10)7-9/h3-4,7-8,14H,5-6H2,1-2H3,(H,15,16). The van der Waals surface area contributed by atoms with E-state index >= 15 is 0 Å². The number of hydrogen-bond donors (Lipinski definition) is 2. The molecule has 6 heteroatoms. The van der Waals surface area contributed by atoms with Crippen molar-refractivity contribution in [2.45, 2.75) is 13.3 Å². The molecule has 0 radical (unpaired) electrons. The van der Waals surface area contributed by atoms with Gasteiger partial charge in [-0.2, -0.15) is 0 Å². The van der Waals surface area contributed by atoms with Gasteiger partial charge in [-0.25, -0.2) is 13.1 Å². The van der Waals surface area contributed by atoms with Gasteiger partial charge in [0.25, 0.3) is 5.56 Å². The molecule has 0 unspecified atom stereocenters. The number of fused-ring (bicyclic) bond motifs is 1. The minimum absolute atomic E-state index is 0.173. The smallest absolute Gasteiger partial charge is 0.251 e. The summed E-state index contributed by atoms with van der Waals surface area (Å²) in [6.45, 7) is 2.18. The van der Waals surface area contributed by atoms with Crippen LogP contribution in [0.25, 0.3) is 10.9 Å². The number of pyridine rings is 1. The van der Waals surface area contributed by atoms with Gasteiger partial charge in [-0.15, -0.1) is 0 Å². The van der Waals surface area contributed by atoms with Gasteiger partial charge in [-0.3, -0.25) is 4.79 Å². The van der Waals surface area contributed by atoms with Crippen molar-refractivity contribution in [1.29, 1.82) is 0 Å². The minimum Gasteiger partial charge on any atom is -0.322 e. The topological polar surface area (TPSA) is 79.0 Å². The Hall–Kier alpha value is -1.66. The summed E-state index contributed by atoms with van der Waals surface area (Å²) in [7, 11) is -3.22. The van der Waals surface area contributed by atoms with Gasteiger partial charge in [-0.1, -0.05) is 12.1 Å². The molecular formula is C13H16N2O3S. The minimum atomic E-state index is -3.22. The molecule has 0 atom stereocenters. The van der Waals surface area contributed by atoms with Crippen LogP contribution >= 0.6 is 0 Å². The van der Waals surface area contributed by atoms with Gasteiger partial charge in [0.1, 0.15) is 0 Å². The van der Waals surface area contributed by atoms with Gasteiger partial charge in [0.05, 0.1) is 6.26 Å². The molecule has 19 heavy (non-hydrogen) atoms. The predicted molar refractivity (Wildman–Crippen MR) is 75.9 cm³/mol. The fourth-order valence-electron chi connectivity index (χ4n) is 1.92. The third-order valence-corrected chi connectivity index (χ3v) is 3.57. The number of aromatic nitrogens is 1. The van der Waals surface area contributed by atoms with E-state index in [1.165, 1.54) is 0 Å². The van der Waals surface area contributed by atoms with Crippen LogP contribution < -0.4 is 10.3 Å². The van der Waals surface area contributed by atoms with Crippen molar-refractivity contribution in [3.8, 4) is 0 Å². The predicted octanol–water partition coefficient (Wildman–Crippen LogP) is 0.928. The average molecular weight is 280 g/mol. The molecule has 102 valence electrons. The molecule has 1 heterocycles. The van der Waals surface area contributed by atoms with Gasteiger partial charge in [0.2, 0.25) is 10.0 Å². The second kappa shape index (κ2) is 5.14. The van der Waals surface area contributed by atoms with Crippen LogP contribution in [0.5, 0.6) is 0 Å². The van der Waals surface area contributed by atoms with Crippen molar-refractivity contribution in [3.05, 3.63) is 45.7 Å². The van der Waals surface area contributed by atoms with E-state index in [9.17, 15) is 13.2 Å². The van der Waals surface area contributed by atoms with E-state index in [4.69, 9.17) is 0 Å². The number of hydrogen-bond acceptors (Lipinski definition) is 3. The number of H-pyrrole nitrogens is 1. The van der Waals surface area contributed by atoms with Crippen molar-refractivity contribution in [2.75, 3.05) is 12.8 Å². The fourth-order valence-corrected chi connectivity index (χ4v) is 2.39. The van der Waals surface area contributed by atoms with Crippen LogP contribution in [0.3, 0.4) is 0 Å². The van der Waals surface area contributed by atoms with Gasteiger partial charge < -0.3 is 4.98 Å². The first-order valence-corrected chi connectivity index (χ1v) is 7.81. The van der Waals surface area contributed by atoms with Gasteiger partial charge >= 0.3 is 0 Å². The SMILES string of the molecule is Cc1ccc2cc(CCNS(C)(=O)=O)c(=O)[nH]c2c1. The summed E-state index contributed by atoms with van der Waals surface area (Å²) in [5.41, 5.74) is 2.28. The van der Waals surface area contributed by atoms with E-state index in [0.717, 1.165) is 22.7 Å². The lowest BCUT2D eigenvalue weighted by Crippen LogP contribution is -2.26. The number of nitrogens with one attached hydrogen (secondary N) is 2. The summed E-state index contributed by atoms with van der Waals surface area (Å²) in [4.78, 5) is 14.7. The number of sulfonamides is 1. The second-order valence-corrected chi connectivity index (χ2v) is 6.46. The van der Waals surface area contributed by atoms with E-state index in [1.807, 2.05) is 25.1 Å². The maximum absolute atomic E-state index is 11.9. The lowest BCUT2D eigenvalue weighted by atomic mass is 10.1. The first kappa shape index (κ1) is 13.8. The lowest BCUT2D eigenvalue weighted by molar-refractivity contribution is 0.587. The van der Waals surface area contributed by atoms with Crippen molar-refractivity contribution < 1.29 is 8.42 Å². The van der Waals surface area contributed by atoms with Crippen LogP contribution in [-0.4, -0.2) is 26.2 Å². The Balaban J connectivity index is 2.27. The Morgan fingerprint density at radius 2 is 2.00 bits per heavy atom. The Bertz CT molecular complexity index is 763. The molecule has 1 aromatic carbocycles. The molecule has 1 aromatic heterocycles. The second-order valence-electron chi connectivity index (χ2n) is 4.63. The maximum Gasteiger partial charge on any atom is 0.251 e. The molecular weight excluding hydrogens is 264 g/mol. The molecule has 2 N–H and O–H groups in total. The third-order valence-electron chi connectivity index (χ3n) is 2.84. The van der Waals surface area contributed by atoms with Crippen LogP contribution in [0.15, 0.2) is 29.1 Å². The molecule has 5 nitrogen and oxygen atoms in total. The lowest BCUT2D eigenvalue weighted by Gasteiger charge is -2.05. The first-order chi connectivity index (χ1) is 8.85. The highest BCUT2D eigenvalue weighted by atomic mass is 32.2. The Morgan fingerprint density at radius 1 is 1.26 bits per heavy atom. The van der Waals surface area contributed by atoms with E-state index in [2.05, 4.69) is 9.71 Å². The molecule has 0 aliphatic rings. The van der Waals surface area contributed by atoms with Crippen molar-refractivity contribution in [1.82, 2.24) is 9.71 Å². The molecule has 0 saturated carbocycles. The molecule has 2 aromatic rings. The molecule has 0 saturated heterocycles. The number of aryl methyl sites for hydroxylation is 1. The molecule has 0 aliphatic carbocycles. The van der Waals surface area contributed by atoms with E-state index in [1.54, 1.807) is 6.07 Å². The first-order valence-electron chi connectivity index (χ1n) is 5.92. The molecule has 2 rings (SSSR count). The highest BCUT2D eigenvalue weighted by Crippen LogP contribution is 2.13. The van der Waals surface area contributed by atoms with E-state index in [0.29, 0.717) is 12.0 Å². The Kier molecular flexibility index (Phi) is 3.73. The van der Waals surface area contributed by atoms with Crippen LogP contribution in [0.1, 0.15) is 11.1 Å². The van der Waals surface area contributed by atoms with Crippen molar-refractivity contribution in [3.63, 3.8) is 0 Å². The van der Waals surface area contributed by atoms with Crippen LogP contribution in [0.4, 0.5) is 0 Å². The fraction of sp³-hybridized carbons (Fsp3) is 0.308. The summed E-state index contributed by atoms with van der Waals surface area (Å²) in [5, 5.41) is 0.944. The maximum atomic E-state index is 11.9. The van der Waals surface area contributed by atoms with E-state index in [-0.39, 0.29) is 12.1 Å². The summed E-state index contributed by atoms with van der Waals surface area (Å²) in [6.07, 6.45) is 1.46. The van der Waals surface area contributed by atoms with Gasteiger partial charge in [-0.05, 0) is 36.4 Å². The molecule has 0 spiro atoms. The summed E-state index contributed by atoms with van der Waals surface area (Å²) in [5.74, 6) is 0. The summed E-state index contributed by atoms with van der Waals surface area (Å²) >= 11 is 0. The largest absolute Gasteiger partial charge is 0.322 e. The highest BCUT2D eigenvalue weighted by molar-refractivity contribution is 7.88. The van der Waals surface area contributed by atoms with Crippen LogP contribution in [0.2, 0.25) is 0 Å². The van der Waals surface area contributed by atoms with Crippen molar-refractivity contribution in [2.24, 2.45) is 0 Å². The third kappa shape index (κ3) is 3.65. The zero-order valence-electron chi connectivity index (χ0n) is 10.9. The van der Waals surface area contributed by atoms with Crippen LogP contribution in [-0.2, 0) is 16.4 Å². The Morgan fingerprint density at radius 3 is 2.68 bits per heavy atom. The zero-order valence-corrected chi connectivity index (χ0v) is 11.7. The monoisotopic (exact) mass is 280 g/mol. The zero-order chi connectivity index (χ0) is 14.0. The summed E-state index contributed by atoms with van der Waals surface area (Å²) in [6, 6.07) is 7.63. The average Bonchev–Trinajstić information content (AvgIpc) is 2.28.